The Morgan fingerprint density at radius 3 is 2.84 bits per heavy atom. The minimum absolute atomic E-state index is 0.0348. The van der Waals surface area contributed by atoms with E-state index >= 15 is 0 Å². The zero-order chi connectivity index (χ0) is 22.3. The maximum atomic E-state index is 12.9. The average Bonchev–Trinajstić information content (AvgIpc) is 3.47. The molecule has 0 radical (unpaired) electrons. The van der Waals surface area contributed by atoms with E-state index < -0.39 is 18.1 Å². The van der Waals surface area contributed by atoms with Crippen LogP contribution in [0.15, 0.2) is 12.5 Å². The fraction of sp³-hybridized carbons (Fsp3) is 0.500. The van der Waals surface area contributed by atoms with E-state index in [0.717, 1.165) is 39.0 Å². The number of H-pyrrole nitrogens is 2. The Balaban J connectivity index is 1.49. The number of urea groups is 1. The van der Waals surface area contributed by atoms with Crippen molar-refractivity contribution in [2.75, 3.05) is 37.6 Å². The lowest BCUT2D eigenvalue weighted by molar-refractivity contribution is 0.0919. The van der Waals surface area contributed by atoms with Gasteiger partial charge in [0.1, 0.15) is 11.8 Å². The number of anilines is 1. The van der Waals surface area contributed by atoms with E-state index in [9.17, 15) is 9.59 Å². The average molecular weight is 442 g/mol. The van der Waals surface area contributed by atoms with Crippen LogP contribution in [0.4, 0.5) is 10.7 Å². The van der Waals surface area contributed by atoms with Crippen molar-refractivity contribution in [2.45, 2.75) is 25.9 Å². The molecule has 0 aromatic carbocycles. The molecule has 1 atom stereocenters. The number of hydrogen-bond donors (Lipinski definition) is 6. The summed E-state index contributed by atoms with van der Waals surface area (Å²) in [6.45, 7) is 5.70. The molecule has 32 heavy (non-hydrogen) atoms. The van der Waals surface area contributed by atoms with E-state index in [1.54, 1.807) is 6.20 Å². The van der Waals surface area contributed by atoms with Crippen molar-refractivity contribution >= 4 is 29.1 Å². The zero-order valence-corrected chi connectivity index (χ0v) is 17.7. The highest BCUT2D eigenvalue weighted by atomic mass is 16.2. The first kappa shape index (κ1) is 21.4. The minimum Gasteiger partial charge on any atom is -0.338 e. The van der Waals surface area contributed by atoms with E-state index in [4.69, 9.17) is 0 Å². The number of imidazole rings is 1. The van der Waals surface area contributed by atoms with Crippen LogP contribution in [0.2, 0.25) is 0 Å². The summed E-state index contributed by atoms with van der Waals surface area (Å²) in [5.74, 6) is 0.260. The topological polar surface area (TPSA) is 182 Å². The molecule has 1 aliphatic rings. The van der Waals surface area contributed by atoms with Crippen LogP contribution in [0.3, 0.4) is 0 Å². The predicted octanol–water partition coefficient (Wildman–Crippen LogP) is -0.591. The van der Waals surface area contributed by atoms with Crippen LogP contribution in [0.25, 0.3) is 11.2 Å². The minimum atomic E-state index is -0.953. The number of aromatic amines is 2. The highest BCUT2D eigenvalue weighted by molar-refractivity contribution is 5.91. The van der Waals surface area contributed by atoms with E-state index in [2.05, 4.69) is 56.4 Å². The summed E-state index contributed by atoms with van der Waals surface area (Å²) in [4.78, 5) is 46.9. The summed E-state index contributed by atoms with van der Waals surface area (Å²) in [5.41, 5.74) is 0.999. The van der Waals surface area contributed by atoms with Gasteiger partial charge in [-0.15, -0.1) is 5.10 Å². The number of unbranched alkanes of at least 4 members (excludes halogenated alkanes) is 1. The fourth-order valence-electron chi connectivity index (χ4n) is 3.21. The molecule has 1 saturated heterocycles. The van der Waals surface area contributed by atoms with Crippen LogP contribution < -0.4 is 26.2 Å². The van der Waals surface area contributed by atoms with Crippen LogP contribution in [0.1, 0.15) is 42.4 Å². The molecule has 4 rings (SSSR count). The molecule has 1 fully saturated rings. The molecule has 0 spiro atoms. The third-order valence-corrected chi connectivity index (χ3v) is 4.91. The lowest BCUT2D eigenvalue weighted by atomic mass is 10.3. The second kappa shape index (κ2) is 10.00. The van der Waals surface area contributed by atoms with Crippen LogP contribution in [-0.4, -0.2) is 79.8 Å². The number of nitrogens with zero attached hydrogens (tertiary/aromatic N) is 6. The standard InChI is InChI=1S/C18H26N12O2/c1-2-3-4-21-18(32)27-14(13-23-11-9-20-10-22-12(11)24-13)25-16(31)15-26-17(29-28-15)30-7-5-19-6-8-30/h9-10,14,19H,2-8H2,1H3,(H,25,31)(H2,21,27,32)(H,26,28,29)(H,20,22,23,24). The fourth-order valence-corrected chi connectivity index (χ4v) is 3.21. The molecule has 1 unspecified atom stereocenters. The number of amides is 3. The van der Waals surface area contributed by atoms with Gasteiger partial charge in [-0.05, 0) is 6.42 Å². The number of rotatable bonds is 8. The number of aromatic nitrogens is 7. The number of nitrogens with one attached hydrogen (secondary N) is 6. The van der Waals surface area contributed by atoms with Gasteiger partial charge in [-0.2, -0.15) is 4.98 Å². The number of piperazine rings is 1. The maximum Gasteiger partial charge on any atom is 0.316 e. The van der Waals surface area contributed by atoms with Crippen molar-refractivity contribution in [1.29, 1.82) is 0 Å². The summed E-state index contributed by atoms with van der Waals surface area (Å²) in [6, 6.07) is -0.436. The van der Waals surface area contributed by atoms with Gasteiger partial charge >= 0.3 is 6.03 Å². The van der Waals surface area contributed by atoms with Gasteiger partial charge in [0, 0.05) is 32.7 Å². The van der Waals surface area contributed by atoms with E-state index in [-0.39, 0.29) is 5.82 Å². The molecule has 1 aliphatic heterocycles. The van der Waals surface area contributed by atoms with Crippen LogP contribution in [0, 0.1) is 0 Å². The van der Waals surface area contributed by atoms with Crippen LogP contribution in [0.5, 0.6) is 0 Å². The maximum absolute atomic E-state index is 12.9. The van der Waals surface area contributed by atoms with E-state index in [1.807, 2.05) is 11.8 Å². The second-order valence-corrected chi connectivity index (χ2v) is 7.26. The third-order valence-electron chi connectivity index (χ3n) is 4.91. The van der Waals surface area contributed by atoms with Gasteiger partial charge in [-0.3, -0.25) is 9.89 Å². The summed E-state index contributed by atoms with van der Waals surface area (Å²) >= 11 is 0. The lowest BCUT2D eigenvalue weighted by Crippen LogP contribution is -2.46. The van der Waals surface area contributed by atoms with Crippen molar-refractivity contribution in [3.8, 4) is 0 Å². The molecule has 0 aliphatic carbocycles. The number of carbonyl (C=O) groups excluding carboxylic acids is 2. The number of hydrogen-bond acceptors (Lipinski definition) is 9. The normalized spacial score (nSPS) is 14.8. The molecule has 3 aromatic rings. The molecule has 14 nitrogen and oxygen atoms in total. The Labute approximate surface area is 183 Å². The first-order valence-corrected chi connectivity index (χ1v) is 10.5. The molecular weight excluding hydrogens is 416 g/mol. The van der Waals surface area contributed by atoms with Gasteiger partial charge in [0.05, 0.1) is 6.20 Å². The Morgan fingerprint density at radius 2 is 2.06 bits per heavy atom. The SMILES string of the molecule is CCCCNC(=O)NC(NC(=O)c1nc(N2CCNCC2)n[nH]1)c1nc2ncncc2[nH]1. The number of carbonyl (C=O) groups is 2. The highest BCUT2D eigenvalue weighted by Crippen LogP contribution is 2.13. The molecule has 0 saturated carbocycles. The number of fused-ring (bicyclic) bond motifs is 1. The Kier molecular flexibility index (Phi) is 6.69. The van der Waals surface area contributed by atoms with Gasteiger partial charge in [0.2, 0.25) is 11.8 Å². The largest absolute Gasteiger partial charge is 0.338 e. The molecule has 0 bridgehead atoms. The highest BCUT2D eigenvalue weighted by Gasteiger charge is 2.24. The van der Waals surface area contributed by atoms with Crippen molar-refractivity contribution in [3.05, 3.63) is 24.2 Å². The smallest absolute Gasteiger partial charge is 0.316 e. The van der Waals surface area contributed by atoms with Crippen molar-refractivity contribution in [3.63, 3.8) is 0 Å². The molecule has 6 N–H and O–H groups in total. The molecular formula is C18H26N12O2. The molecule has 14 heteroatoms. The summed E-state index contributed by atoms with van der Waals surface area (Å²) in [7, 11) is 0. The summed E-state index contributed by atoms with van der Waals surface area (Å²) in [5, 5.41) is 18.3. The van der Waals surface area contributed by atoms with Gasteiger partial charge in [-0.1, -0.05) is 13.3 Å². The summed E-state index contributed by atoms with van der Waals surface area (Å²) < 4.78 is 0. The van der Waals surface area contributed by atoms with Gasteiger partial charge in [0.15, 0.2) is 17.6 Å². The van der Waals surface area contributed by atoms with Crippen molar-refractivity contribution in [2.24, 2.45) is 0 Å². The van der Waals surface area contributed by atoms with Crippen LogP contribution >= 0.6 is 0 Å². The van der Waals surface area contributed by atoms with Gasteiger partial charge < -0.3 is 31.2 Å². The second-order valence-electron chi connectivity index (χ2n) is 7.26. The predicted molar refractivity (Wildman–Crippen MR) is 115 cm³/mol. The van der Waals surface area contributed by atoms with E-state index in [1.165, 1.54) is 6.33 Å². The van der Waals surface area contributed by atoms with Crippen molar-refractivity contribution < 1.29 is 9.59 Å². The first-order chi connectivity index (χ1) is 15.6. The zero-order valence-electron chi connectivity index (χ0n) is 17.7. The molecule has 3 amide bonds. The van der Waals surface area contributed by atoms with Crippen LogP contribution in [-0.2, 0) is 0 Å². The third kappa shape index (κ3) is 5.08. The van der Waals surface area contributed by atoms with E-state index in [0.29, 0.717) is 29.5 Å². The lowest BCUT2D eigenvalue weighted by Gasteiger charge is -2.25. The monoisotopic (exact) mass is 442 g/mol. The first-order valence-electron chi connectivity index (χ1n) is 10.5. The Bertz CT molecular complexity index is 1020. The Morgan fingerprint density at radius 1 is 1.22 bits per heavy atom. The molecule has 170 valence electrons. The Hall–Kier alpha value is -3.81. The van der Waals surface area contributed by atoms with Crippen molar-refractivity contribution in [1.82, 2.24) is 56.4 Å². The van der Waals surface area contributed by atoms with Gasteiger partial charge in [-0.25, -0.2) is 19.7 Å². The molecule has 4 heterocycles. The summed E-state index contributed by atoms with van der Waals surface area (Å²) in [6.07, 6.45) is 3.78. The van der Waals surface area contributed by atoms with Gasteiger partial charge in [0.25, 0.3) is 5.91 Å². The quantitative estimate of drug-likeness (QED) is 0.196. The molecule has 3 aromatic heterocycles.